The summed E-state index contributed by atoms with van der Waals surface area (Å²) in [5.74, 6) is 2.59. The van der Waals surface area contributed by atoms with Crippen LogP contribution in [0.2, 0.25) is 5.02 Å². The number of rotatable bonds is 10. The highest BCUT2D eigenvalue weighted by atomic mass is 127. The fourth-order valence-electron chi connectivity index (χ4n) is 3.11. The number of hydrogen-bond acceptors (Lipinski definition) is 4. The Morgan fingerprint density at radius 3 is 2.71 bits per heavy atom. The topological polar surface area (TPSA) is 75.1 Å². The van der Waals surface area contributed by atoms with Gasteiger partial charge in [-0.25, -0.2) is 0 Å². The highest BCUT2D eigenvalue weighted by molar-refractivity contribution is 14.0. The average molecular weight is 526 g/mol. The van der Waals surface area contributed by atoms with E-state index in [4.69, 9.17) is 21.1 Å². The van der Waals surface area contributed by atoms with Gasteiger partial charge in [-0.05, 0) is 49.8 Å². The molecule has 1 aromatic carbocycles. The smallest absolute Gasteiger partial charge is 0.191 e. The largest absolute Gasteiger partial charge is 0.486 e. The van der Waals surface area contributed by atoms with Crippen LogP contribution in [0.4, 0.5) is 0 Å². The number of aliphatic hydroxyl groups excluding tert-OH is 1. The third-order valence-corrected chi connectivity index (χ3v) is 4.73. The predicted molar refractivity (Wildman–Crippen MR) is 126 cm³/mol. The van der Waals surface area contributed by atoms with Crippen LogP contribution in [-0.4, -0.2) is 50.5 Å². The van der Waals surface area contributed by atoms with Crippen molar-refractivity contribution in [3.8, 4) is 11.5 Å². The number of aliphatic hydroxyl groups is 1. The third kappa shape index (κ3) is 8.21. The van der Waals surface area contributed by atoms with Gasteiger partial charge in [0.2, 0.25) is 0 Å². The average Bonchev–Trinajstić information content (AvgIpc) is 2.66. The Morgan fingerprint density at radius 2 is 2.00 bits per heavy atom. The summed E-state index contributed by atoms with van der Waals surface area (Å²) >= 11 is 6.30. The number of aliphatic imine (C=N–C) groups is 1. The van der Waals surface area contributed by atoms with Crippen LogP contribution in [0, 0.1) is 5.92 Å². The summed E-state index contributed by atoms with van der Waals surface area (Å²) in [4.78, 5) is 4.68. The van der Waals surface area contributed by atoms with E-state index in [-0.39, 0.29) is 30.6 Å². The number of halogens is 2. The molecular weight excluding hydrogens is 493 g/mol. The van der Waals surface area contributed by atoms with Crippen LogP contribution < -0.4 is 20.1 Å². The molecule has 1 atom stereocenters. The minimum atomic E-state index is 0. The van der Waals surface area contributed by atoms with Crippen LogP contribution in [-0.2, 0) is 6.42 Å². The molecular formula is C20H33ClIN3O3. The van der Waals surface area contributed by atoms with Gasteiger partial charge in [0, 0.05) is 26.2 Å². The maximum atomic E-state index is 9.20. The minimum absolute atomic E-state index is 0. The van der Waals surface area contributed by atoms with Gasteiger partial charge in [-0.1, -0.05) is 24.9 Å². The first-order valence-electron chi connectivity index (χ1n) is 9.88. The Kier molecular flexibility index (Phi) is 12.7. The van der Waals surface area contributed by atoms with Gasteiger partial charge in [0.25, 0.3) is 0 Å². The van der Waals surface area contributed by atoms with Gasteiger partial charge in [-0.15, -0.1) is 24.0 Å². The van der Waals surface area contributed by atoms with Crippen LogP contribution in [0.1, 0.15) is 38.7 Å². The van der Waals surface area contributed by atoms with Gasteiger partial charge in [0.05, 0.1) is 5.02 Å². The maximum Gasteiger partial charge on any atom is 0.191 e. The molecule has 0 fully saturated rings. The quantitative estimate of drug-likeness (QED) is 0.247. The zero-order chi connectivity index (χ0) is 19.5. The minimum Gasteiger partial charge on any atom is -0.486 e. The number of guanidine groups is 1. The molecule has 0 amide bonds. The lowest BCUT2D eigenvalue weighted by molar-refractivity contribution is 0.171. The van der Waals surface area contributed by atoms with E-state index in [1.807, 2.05) is 12.1 Å². The SMILES string of the molecule is CCCC(CCO)CN=C(NCC)NCCc1cc(Cl)c2c(c1)OCCO2.I. The van der Waals surface area contributed by atoms with Gasteiger partial charge in [-0.2, -0.15) is 0 Å². The van der Waals surface area contributed by atoms with Crippen molar-refractivity contribution in [2.24, 2.45) is 10.9 Å². The second-order valence-electron chi connectivity index (χ2n) is 6.67. The summed E-state index contributed by atoms with van der Waals surface area (Å²) in [5.41, 5.74) is 1.09. The number of fused-ring (bicyclic) bond motifs is 1. The van der Waals surface area contributed by atoms with E-state index >= 15 is 0 Å². The van der Waals surface area contributed by atoms with Crippen LogP contribution >= 0.6 is 35.6 Å². The van der Waals surface area contributed by atoms with E-state index in [2.05, 4.69) is 29.5 Å². The summed E-state index contributed by atoms with van der Waals surface area (Å²) in [7, 11) is 0. The Bertz CT molecular complexity index is 611. The first-order chi connectivity index (χ1) is 13.2. The molecule has 3 N–H and O–H groups in total. The molecule has 8 heteroatoms. The van der Waals surface area contributed by atoms with E-state index in [9.17, 15) is 5.11 Å². The maximum absolute atomic E-state index is 9.20. The number of nitrogens with zero attached hydrogens (tertiary/aromatic N) is 1. The van der Waals surface area contributed by atoms with Crippen molar-refractivity contribution >= 4 is 41.5 Å². The van der Waals surface area contributed by atoms with E-state index in [0.717, 1.165) is 62.6 Å². The van der Waals surface area contributed by atoms with Gasteiger partial charge in [-0.3, -0.25) is 4.99 Å². The van der Waals surface area contributed by atoms with Crippen molar-refractivity contribution in [1.29, 1.82) is 0 Å². The molecule has 0 radical (unpaired) electrons. The predicted octanol–water partition coefficient (Wildman–Crippen LogP) is 3.63. The van der Waals surface area contributed by atoms with Crippen molar-refractivity contribution in [2.45, 2.75) is 39.5 Å². The first kappa shape index (κ1) is 25.1. The molecule has 2 rings (SSSR count). The highest BCUT2D eigenvalue weighted by Crippen LogP contribution is 2.38. The van der Waals surface area contributed by atoms with Crippen LogP contribution in [0.15, 0.2) is 17.1 Å². The molecule has 0 bridgehead atoms. The fraction of sp³-hybridized carbons (Fsp3) is 0.650. The fourth-order valence-corrected chi connectivity index (χ4v) is 3.40. The Hall–Kier alpha value is -0.930. The Labute approximate surface area is 190 Å². The molecule has 1 aliphatic rings. The molecule has 6 nitrogen and oxygen atoms in total. The monoisotopic (exact) mass is 525 g/mol. The van der Waals surface area contributed by atoms with E-state index in [1.165, 1.54) is 0 Å². The number of ether oxygens (including phenoxy) is 2. The second-order valence-corrected chi connectivity index (χ2v) is 7.07. The molecule has 0 aromatic heterocycles. The van der Waals surface area contributed by atoms with Crippen molar-refractivity contribution in [1.82, 2.24) is 10.6 Å². The standard InChI is InChI=1S/C20H32ClN3O3.HI/c1-3-5-15(7-9-25)14-24-20(22-4-2)23-8-6-16-12-17(21)19-18(13-16)26-10-11-27-19;/h12-13,15,25H,3-11,14H2,1-2H3,(H2,22,23,24);1H. The van der Waals surface area contributed by atoms with E-state index < -0.39 is 0 Å². The normalized spacial score (nSPS) is 14.2. The summed E-state index contributed by atoms with van der Waals surface area (Å²) in [6.45, 7) is 7.78. The summed E-state index contributed by atoms with van der Waals surface area (Å²) in [6.07, 6.45) is 3.79. The van der Waals surface area contributed by atoms with Gasteiger partial charge in [0.1, 0.15) is 13.2 Å². The van der Waals surface area contributed by atoms with Gasteiger partial charge >= 0.3 is 0 Å². The summed E-state index contributed by atoms with van der Waals surface area (Å²) < 4.78 is 11.2. The molecule has 28 heavy (non-hydrogen) atoms. The van der Waals surface area contributed by atoms with Crippen molar-refractivity contribution in [3.05, 3.63) is 22.7 Å². The number of benzene rings is 1. The molecule has 1 unspecified atom stereocenters. The molecule has 160 valence electrons. The summed E-state index contributed by atoms with van der Waals surface area (Å²) in [5, 5.41) is 16.4. The van der Waals surface area contributed by atoms with Gasteiger partial charge < -0.3 is 25.2 Å². The Balaban J connectivity index is 0.00000392. The molecule has 0 saturated carbocycles. The van der Waals surface area contributed by atoms with Crippen molar-refractivity contribution < 1.29 is 14.6 Å². The number of nitrogens with one attached hydrogen (secondary N) is 2. The van der Waals surface area contributed by atoms with Gasteiger partial charge in [0.15, 0.2) is 17.5 Å². The molecule has 0 saturated heterocycles. The Morgan fingerprint density at radius 1 is 1.21 bits per heavy atom. The molecule has 1 aromatic rings. The van der Waals surface area contributed by atoms with Crippen molar-refractivity contribution in [3.63, 3.8) is 0 Å². The lowest BCUT2D eigenvalue weighted by atomic mass is 10.0. The zero-order valence-corrected chi connectivity index (χ0v) is 19.9. The molecule has 1 aliphatic heterocycles. The van der Waals surface area contributed by atoms with Crippen LogP contribution in [0.25, 0.3) is 0 Å². The lowest BCUT2D eigenvalue weighted by Gasteiger charge is -2.20. The van der Waals surface area contributed by atoms with E-state index in [0.29, 0.717) is 29.9 Å². The number of hydrogen-bond donors (Lipinski definition) is 3. The molecule has 0 aliphatic carbocycles. The second kappa shape index (κ2) is 14.1. The first-order valence-corrected chi connectivity index (χ1v) is 10.3. The summed E-state index contributed by atoms with van der Waals surface area (Å²) in [6, 6.07) is 3.92. The third-order valence-electron chi connectivity index (χ3n) is 4.45. The lowest BCUT2D eigenvalue weighted by Crippen LogP contribution is -2.38. The highest BCUT2D eigenvalue weighted by Gasteiger charge is 2.16. The molecule has 1 heterocycles. The van der Waals surface area contributed by atoms with Crippen LogP contribution in [0.3, 0.4) is 0 Å². The van der Waals surface area contributed by atoms with E-state index in [1.54, 1.807) is 0 Å². The molecule has 0 spiro atoms. The van der Waals surface area contributed by atoms with Crippen molar-refractivity contribution in [2.75, 3.05) is 39.5 Å². The van der Waals surface area contributed by atoms with Crippen LogP contribution in [0.5, 0.6) is 11.5 Å². The zero-order valence-electron chi connectivity index (χ0n) is 16.8.